The van der Waals surface area contributed by atoms with Crippen LogP contribution in [0, 0.1) is 0 Å². The number of ether oxygens (including phenoxy) is 1. The monoisotopic (exact) mass is 533 g/mol. The molecule has 0 unspecified atom stereocenters. The highest BCUT2D eigenvalue weighted by Crippen LogP contribution is 2.40. The van der Waals surface area contributed by atoms with Crippen molar-refractivity contribution in [3.63, 3.8) is 0 Å². The minimum atomic E-state index is -4.33. The zero-order valence-corrected chi connectivity index (χ0v) is 22.5. The van der Waals surface area contributed by atoms with Crippen LogP contribution in [-0.2, 0) is 14.9 Å². The molecule has 0 atom stereocenters. The van der Waals surface area contributed by atoms with E-state index in [4.69, 9.17) is 0 Å². The van der Waals surface area contributed by atoms with Gasteiger partial charge in [0.15, 0.2) is 12.3 Å². The fourth-order valence-electron chi connectivity index (χ4n) is 4.79. The van der Waals surface area contributed by atoms with Crippen molar-refractivity contribution in [3.8, 4) is 0 Å². The summed E-state index contributed by atoms with van der Waals surface area (Å²) in [7, 11) is 0. The summed E-state index contributed by atoms with van der Waals surface area (Å²) < 4.78 is 57.1. The van der Waals surface area contributed by atoms with Gasteiger partial charge in [-0.1, -0.05) is 30.3 Å². The molecule has 0 radical (unpaired) electrons. The number of anilines is 1. The number of halogens is 4. The van der Waals surface area contributed by atoms with E-state index >= 15 is 0 Å². The molecule has 0 amide bonds. The molecule has 0 saturated heterocycles. The number of esters is 1. The van der Waals surface area contributed by atoms with E-state index in [9.17, 15) is 22.4 Å². The van der Waals surface area contributed by atoms with Crippen LogP contribution >= 0.6 is 0 Å². The fourth-order valence-corrected chi connectivity index (χ4v) is 4.79. The number of carbonyl (C=O) groups is 1. The topological polar surface area (TPSA) is 32.5 Å². The lowest BCUT2D eigenvalue weighted by atomic mass is 9.81. The average Bonchev–Trinajstić information content (AvgIpc) is 3.11. The predicted octanol–water partition coefficient (Wildman–Crippen LogP) is 7.24. The summed E-state index contributed by atoms with van der Waals surface area (Å²) in [5.74, 6) is -5.23. The number of benzene rings is 2. The molecule has 1 aliphatic rings. The van der Waals surface area contributed by atoms with E-state index in [-0.39, 0.29) is 11.8 Å². The lowest BCUT2D eigenvalue weighted by Crippen LogP contribution is -2.33. The number of alkyl halides is 4. The van der Waals surface area contributed by atoms with E-state index in [1.807, 2.05) is 12.1 Å². The van der Waals surface area contributed by atoms with E-state index < -0.39 is 24.9 Å². The first kappa shape index (κ1) is 29.4. The Morgan fingerprint density at radius 1 is 1.03 bits per heavy atom. The Bertz CT molecular complexity index is 1150. The molecule has 2 aromatic carbocycles. The second-order valence-corrected chi connectivity index (χ2v) is 9.96. The van der Waals surface area contributed by atoms with Gasteiger partial charge in [0.2, 0.25) is 5.69 Å². The maximum atomic E-state index is 13.0. The molecule has 0 saturated carbocycles. The summed E-state index contributed by atoms with van der Waals surface area (Å²) in [4.78, 5) is 14.1. The molecule has 3 rings (SSSR count). The number of unbranched alkanes of at least 4 members (excludes halogenated alkanes) is 1. The molecule has 4 nitrogen and oxygen atoms in total. The van der Waals surface area contributed by atoms with Crippen LogP contribution in [-0.4, -0.2) is 54.8 Å². The fraction of sp³-hybridized carbons (Fsp3) is 0.467. The van der Waals surface area contributed by atoms with Gasteiger partial charge in [-0.05, 0) is 57.9 Å². The number of fused-ring (bicyclic) bond motifs is 1. The van der Waals surface area contributed by atoms with Gasteiger partial charge >= 0.3 is 18.3 Å². The first-order valence-corrected chi connectivity index (χ1v) is 13.1. The van der Waals surface area contributed by atoms with E-state index in [0.717, 1.165) is 30.1 Å². The van der Waals surface area contributed by atoms with Gasteiger partial charge in [-0.3, -0.25) is 4.79 Å². The van der Waals surface area contributed by atoms with Crippen molar-refractivity contribution in [2.75, 3.05) is 31.1 Å². The van der Waals surface area contributed by atoms with Gasteiger partial charge in [0, 0.05) is 49.3 Å². The van der Waals surface area contributed by atoms with Gasteiger partial charge in [-0.2, -0.15) is 13.4 Å². The molecule has 38 heavy (non-hydrogen) atoms. The molecular formula is C30H37F4N2O2+. The van der Waals surface area contributed by atoms with Crippen LogP contribution in [0.1, 0.15) is 58.1 Å². The van der Waals surface area contributed by atoms with Crippen LogP contribution in [0.15, 0.2) is 54.6 Å². The maximum Gasteiger partial charge on any atom is 0.340 e. The number of para-hydroxylation sites is 1. The van der Waals surface area contributed by atoms with Gasteiger partial charge in [-0.15, -0.1) is 0 Å². The number of hydrogen-bond donors (Lipinski definition) is 0. The van der Waals surface area contributed by atoms with Crippen molar-refractivity contribution in [2.45, 2.75) is 64.7 Å². The Morgan fingerprint density at radius 3 is 2.32 bits per heavy atom. The van der Waals surface area contributed by atoms with E-state index in [2.05, 4.69) is 90.5 Å². The Kier molecular flexibility index (Phi) is 9.74. The SMILES string of the molecule is CCN(CC)c1ccc(C=CC2=[N+](CCCCC(=O)OCC(F)(F)C(F)F)c3ccccc3C2(C)C)cc1. The van der Waals surface area contributed by atoms with Crippen LogP contribution in [0.25, 0.3) is 6.08 Å². The molecule has 206 valence electrons. The standard InChI is InChI=1S/C30H37F4N2O2/c1-5-35(6-2)23-17-14-22(15-18-23)16-19-26-29(3,4)24-11-7-8-12-25(24)36(26)20-10-9-13-27(37)38-21-30(33,34)28(31)32/h7-8,11-12,14-19,28H,5-6,9-10,13,20-21H2,1-4H3/q+1. The zero-order chi connectivity index (χ0) is 27.9. The number of allylic oxidation sites excluding steroid dienone is 1. The van der Waals surface area contributed by atoms with Crippen LogP contribution < -0.4 is 4.90 Å². The van der Waals surface area contributed by atoms with Crippen LogP contribution in [0.2, 0.25) is 0 Å². The second-order valence-electron chi connectivity index (χ2n) is 9.96. The average molecular weight is 534 g/mol. The molecule has 1 heterocycles. The Hall–Kier alpha value is -3.16. The van der Waals surface area contributed by atoms with Crippen molar-refractivity contribution in [3.05, 3.63) is 65.7 Å². The first-order chi connectivity index (χ1) is 18.0. The molecule has 2 aromatic rings. The normalized spacial score (nSPS) is 14.9. The molecule has 0 bridgehead atoms. The van der Waals surface area contributed by atoms with E-state index in [1.54, 1.807) is 0 Å². The third-order valence-corrected chi connectivity index (χ3v) is 7.01. The highest BCUT2D eigenvalue weighted by atomic mass is 19.3. The number of nitrogens with zero attached hydrogens (tertiary/aromatic N) is 2. The van der Waals surface area contributed by atoms with Crippen LogP contribution in [0.4, 0.5) is 28.9 Å². The van der Waals surface area contributed by atoms with Crippen molar-refractivity contribution in [1.82, 2.24) is 0 Å². The molecule has 0 aliphatic carbocycles. The van der Waals surface area contributed by atoms with Crippen molar-refractivity contribution < 1.29 is 31.7 Å². The van der Waals surface area contributed by atoms with Crippen molar-refractivity contribution >= 4 is 29.1 Å². The van der Waals surface area contributed by atoms with Gasteiger partial charge < -0.3 is 9.64 Å². The van der Waals surface area contributed by atoms with Gasteiger partial charge in [0.05, 0.1) is 5.41 Å². The molecule has 8 heteroatoms. The third kappa shape index (κ3) is 6.83. The lowest BCUT2D eigenvalue weighted by molar-refractivity contribution is -0.438. The predicted molar refractivity (Wildman–Crippen MR) is 144 cm³/mol. The molecule has 0 fully saturated rings. The molecule has 1 aliphatic heterocycles. The molecule has 0 aromatic heterocycles. The molecule has 0 N–H and O–H groups in total. The summed E-state index contributed by atoms with van der Waals surface area (Å²) in [6.45, 7) is 9.53. The Morgan fingerprint density at radius 2 is 1.68 bits per heavy atom. The van der Waals surface area contributed by atoms with Gasteiger partial charge in [0.25, 0.3) is 0 Å². The summed E-state index contributed by atoms with van der Waals surface area (Å²) in [6.07, 6.45) is 1.25. The summed E-state index contributed by atoms with van der Waals surface area (Å²) in [6, 6.07) is 16.6. The van der Waals surface area contributed by atoms with Crippen molar-refractivity contribution in [2.24, 2.45) is 0 Å². The zero-order valence-electron chi connectivity index (χ0n) is 22.5. The second kappa shape index (κ2) is 12.6. The minimum absolute atomic E-state index is 0.109. The number of rotatable bonds is 13. The van der Waals surface area contributed by atoms with Crippen LogP contribution in [0.3, 0.4) is 0 Å². The summed E-state index contributed by atoms with van der Waals surface area (Å²) in [5.41, 5.74) is 5.44. The Balaban J connectivity index is 1.71. The van der Waals surface area contributed by atoms with Crippen LogP contribution in [0.5, 0.6) is 0 Å². The van der Waals surface area contributed by atoms with Gasteiger partial charge in [-0.25, -0.2) is 8.78 Å². The number of carbonyl (C=O) groups excluding carboxylic acids is 1. The van der Waals surface area contributed by atoms with E-state index in [0.29, 0.717) is 19.4 Å². The van der Waals surface area contributed by atoms with E-state index in [1.165, 1.54) is 11.3 Å². The Labute approximate surface area is 222 Å². The summed E-state index contributed by atoms with van der Waals surface area (Å²) in [5, 5.41) is 0. The quantitative estimate of drug-likeness (QED) is 0.118. The third-order valence-electron chi connectivity index (χ3n) is 7.01. The maximum absolute atomic E-state index is 13.0. The summed E-state index contributed by atoms with van der Waals surface area (Å²) >= 11 is 0. The van der Waals surface area contributed by atoms with Gasteiger partial charge in [0.1, 0.15) is 6.54 Å². The highest BCUT2D eigenvalue weighted by molar-refractivity contribution is 6.05. The smallest absolute Gasteiger partial charge is 0.340 e. The molecular weight excluding hydrogens is 496 g/mol. The first-order valence-electron chi connectivity index (χ1n) is 13.1. The van der Waals surface area contributed by atoms with Crippen molar-refractivity contribution in [1.29, 1.82) is 0 Å². The largest absolute Gasteiger partial charge is 0.459 e. The molecule has 0 spiro atoms. The lowest BCUT2D eigenvalue weighted by Gasteiger charge is -2.20. The highest BCUT2D eigenvalue weighted by Gasteiger charge is 2.44. The minimum Gasteiger partial charge on any atom is -0.459 e. The number of hydrogen-bond acceptors (Lipinski definition) is 3.